The summed E-state index contributed by atoms with van der Waals surface area (Å²) < 4.78 is 10.3. The van der Waals surface area contributed by atoms with Crippen LogP contribution in [0.3, 0.4) is 0 Å². The lowest BCUT2D eigenvalue weighted by Gasteiger charge is -2.20. The van der Waals surface area contributed by atoms with E-state index in [4.69, 9.17) is 9.47 Å². The van der Waals surface area contributed by atoms with Gasteiger partial charge in [-0.3, -0.25) is 9.59 Å². The molecule has 1 unspecified atom stereocenters. The predicted molar refractivity (Wildman–Crippen MR) is 95.9 cm³/mol. The van der Waals surface area contributed by atoms with E-state index in [0.29, 0.717) is 32.0 Å². The molecule has 2 N–H and O–H groups in total. The van der Waals surface area contributed by atoms with Crippen molar-refractivity contribution in [2.24, 2.45) is 5.92 Å². The molecule has 1 saturated heterocycles. The molecule has 1 heterocycles. The van der Waals surface area contributed by atoms with E-state index in [1.165, 1.54) is 0 Å². The van der Waals surface area contributed by atoms with Gasteiger partial charge in [0.05, 0.1) is 25.3 Å². The van der Waals surface area contributed by atoms with Crippen LogP contribution in [0, 0.1) is 12.8 Å². The third-order valence-corrected chi connectivity index (χ3v) is 4.20. The molecule has 25 heavy (non-hydrogen) atoms. The molecular formula is C18H27N3O4. The zero-order valence-electron chi connectivity index (χ0n) is 15.1. The van der Waals surface area contributed by atoms with Gasteiger partial charge in [-0.25, -0.2) is 0 Å². The Morgan fingerprint density at radius 3 is 2.80 bits per heavy atom. The molecule has 1 aromatic rings. The topological polar surface area (TPSA) is 79.9 Å². The van der Waals surface area contributed by atoms with Crippen molar-refractivity contribution in [3.05, 3.63) is 23.8 Å². The number of nitrogens with one attached hydrogen (secondary N) is 2. The van der Waals surface area contributed by atoms with Gasteiger partial charge in [0.1, 0.15) is 5.75 Å². The van der Waals surface area contributed by atoms with Crippen molar-refractivity contribution in [2.45, 2.75) is 13.3 Å². The van der Waals surface area contributed by atoms with E-state index in [1.807, 2.05) is 25.1 Å². The molecule has 1 fully saturated rings. The maximum Gasteiger partial charge on any atom is 0.227 e. The SMILES string of the molecule is COCCNCCNC(=O)C1CC(=O)N(c2cc(C)ccc2OC)C1. The van der Waals surface area contributed by atoms with Crippen LogP contribution in [-0.4, -0.2) is 58.8 Å². The van der Waals surface area contributed by atoms with Gasteiger partial charge in [0.15, 0.2) is 0 Å². The zero-order valence-corrected chi connectivity index (χ0v) is 15.1. The normalized spacial score (nSPS) is 17.0. The number of nitrogens with zero attached hydrogens (tertiary/aromatic N) is 1. The molecular weight excluding hydrogens is 322 g/mol. The molecule has 1 aliphatic heterocycles. The molecule has 7 nitrogen and oxygen atoms in total. The second kappa shape index (κ2) is 9.39. The summed E-state index contributed by atoms with van der Waals surface area (Å²) >= 11 is 0. The van der Waals surface area contributed by atoms with Crippen LogP contribution >= 0.6 is 0 Å². The number of hydrogen-bond donors (Lipinski definition) is 2. The summed E-state index contributed by atoms with van der Waals surface area (Å²) in [5, 5.41) is 6.05. The number of amides is 2. The van der Waals surface area contributed by atoms with Gasteiger partial charge in [0.25, 0.3) is 0 Å². The van der Waals surface area contributed by atoms with Gasteiger partial charge >= 0.3 is 0 Å². The Morgan fingerprint density at radius 2 is 2.08 bits per heavy atom. The second-order valence-corrected chi connectivity index (χ2v) is 6.11. The van der Waals surface area contributed by atoms with E-state index in [1.54, 1.807) is 19.1 Å². The molecule has 2 rings (SSSR count). The first kappa shape index (κ1) is 19.2. The Morgan fingerprint density at radius 1 is 1.28 bits per heavy atom. The minimum Gasteiger partial charge on any atom is -0.495 e. The average molecular weight is 349 g/mol. The van der Waals surface area contributed by atoms with Gasteiger partial charge in [0, 0.05) is 39.7 Å². The Kier molecular flexibility index (Phi) is 7.21. The molecule has 0 radical (unpaired) electrons. The number of benzene rings is 1. The highest BCUT2D eigenvalue weighted by Gasteiger charge is 2.36. The molecule has 7 heteroatoms. The first-order valence-corrected chi connectivity index (χ1v) is 8.49. The van der Waals surface area contributed by atoms with Crippen LogP contribution in [0.1, 0.15) is 12.0 Å². The van der Waals surface area contributed by atoms with Crippen LogP contribution in [0.15, 0.2) is 18.2 Å². The van der Waals surface area contributed by atoms with Gasteiger partial charge in [-0.2, -0.15) is 0 Å². The van der Waals surface area contributed by atoms with Gasteiger partial charge in [0.2, 0.25) is 11.8 Å². The molecule has 0 saturated carbocycles. The van der Waals surface area contributed by atoms with Crippen molar-refractivity contribution in [3.63, 3.8) is 0 Å². The molecule has 0 bridgehead atoms. The summed E-state index contributed by atoms with van der Waals surface area (Å²) in [5.41, 5.74) is 1.77. The fraction of sp³-hybridized carbons (Fsp3) is 0.556. The Hall–Kier alpha value is -2.12. The Labute approximate surface area is 148 Å². The van der Waals surface area contributed by atoms with Crippen LogP contribution in [-0.2, 0) is 14.3 Å². The quantitative estimate of drug-likeness (QED) is 0.642. The third-order valence-electron chi connectivity index (χ3n) is 4.20. The Balaban J connectivity index is 1.89. The summed E-state index contributed by atoms with van der Waals surface area (Å²) in [4.78, 5) is 26.3. The van der Waals surface area contributed by atoms with E-state index in [2.05, 4.69) is 10.6 Å². The smallest absolute Gasteiger partial charge is 0.227 e. The summed E-state index contributed by atoms with van der Waals surface area (Å²) in [7, 11) is 3.23. The second-order valence-electron chi connectivity index (χ2n) is 6.11. The van der Waals surface area contributed by atoms with Crippen molar-refractivity contribution >= 4 is 17.5 Å². The fourth-order valence-corrected chi connectivity index (χ4v) is 2.84. The third kappa shape index (κ3) is 5.17. The van der Waals surface area contributed by atoms with Crippen LogP contribution in [0.5, 0.6) is 5.75 Å². The number of carbonyl (C=O) groups excluding carboxylic acids is 2. The number of ether oxygens (including phenoxy) is 2. The van der Waals surface area contributed by atoms with Crippen molar-refractivity contribution in [1.29, 1.82) is 0 Å². The number of methoxy groups -OCH3 is 2. The van der Waals surface area contributed by atoms with Crippen molar-refractivity contribution in [3.8, 4) is 5.75 Å². The van der Waals surface area contributed by atoms with Crippen LogP contribution < -0.4 is 20.3 Å². The maximum atomic E-state index is 12.4. The van der Waals surface area contributed by atoms with Gasteiger partial charge < -0.3 is 25.0 Å². The largest absolute Gasteiger partial charge is 0.495 e. The minimum absolute atomic E-state index is 0.0535. The van der Waals surface area contributed by atoms with E-state index >= 15 is 0 Å². The molecule has 1 aromatic carbocycles. The van der Waals surface area contributed by atoms with Gasteiger partial charge in [-0.05, 0) is 24.6 Å². The molecule has 0 aliphatic carbocycles. The molecule has 0 aromatic heterocycles. The average Bonchev–Trinajstić information content (AvgIpc) is 2.99. The molecule has 1 atom stereocenters. The van der Waals surface area contributed by atoms with Crippen LogP contribution in [0.2, 0.25) is 0 Å². The van der Waals surface area contributed by atoms with E-state index in [-0.39, 0.29) is 24.2 Å². The lowest BCUT2D eigenvalue weighted by molar-refractivity contribution is -0.126. The lowest BCUT2D eigenvalue weighted by Crippen LogP contribution is -2.37. The summed E-state index contributed by atoms with van der Waals surface area (Å²) in [5.74, 6) is 0.164. The van der Waals surface area contributed by atoms with E-state index < -0.39 is 0 Å². The monoisotopic (exact) mass is 349 g/mol. The fourth-order valence-electron chi connectivity index (χ4n) is 2.84. The minimum atomic E-state index is -0.336. The molecule has 2 amide bonds. The highest BCUT2D eigenvalue weighted by molar-refractivity contribution is 6.01. The molecule has 0 spiro atoms. The zero-order chi connectivity index (χ0) is 18.2. The summed E-state index contributed by atoms with van der Waals surface area (Å²) in [6, 6.07) is 5.69. The van der Waals surface area contributed by atoms with Crippen molar-refractivity contribution in [2.75, 3.05) is 51.9 Å². The first-order valence-electron chi connectivity index (χ1n) is 8.49. The molecule has 138 valence electrons. The van der Waals surface area contributed by atoms with Gasteiger partial charge in [-0.1, -0.05) is 6.07 Å². The predicted octanol–water partition coefficient (Wildman–Crippen LogP) is 0.709. The number of carbonyl (C=O) groups is 2. The number of aryl methyl sites for hydroxylation is 1. The highest BCUT2D eigenvalue weighted by atomic mass is 16.5. The lowest BCUT2D eigenvalue weighted by atomic mass is 10.1. The van der Waals surface area contributed by atoms with E-state index in [9.17, 15) is 9.59 Å². The highest BCUT2D eigenvalue weighted by Crippen LogP contribution is 2.33. The standard InChI is InChI=1S/C18H27N3O4/c1-13-4-5-16(25-3)15(10-13)21-12-14(11-17(21)22)18(23)20-7-6-19-8-9-24-2/h4-5,10,14,19H,6-9,11-12H2,1-3H3,(H,20,23). The summed E-state index contributed by atoms with van der Waals surface area (Å²) in [6.45, 7) is 4.92. The van der Waals surface area contributed by atoms with E-state index in [0.717, 1.165) is 17.8 Å². The number of rotatable bonds is 9. The molecule has 1 aliphatic rings. The van der Waals surface area contributed by atoms with Crippen LogP contribution in [0.25, 0.3) is 0 Å². The Bertz CT molecular complexity index is 606. The van der Waals surface area contributed by atoms with Crippen molar-refractivity contribution < 1.29 is 19.1 Å². The number of anilines is 1. The summed E-state index contributed by atoms with van der Waals surface area (Å²) in [6.07, 6.45) is 0.222. The van der Waals surface area contributed by atoms with Gasteiger partial charge in [-0.15, -0.1) is 0 Å². The van der Waals surface area contributed by atoms with Crippen LogP contribution in [0.4, 0.5) is 5.69 Å². The maximum absolute atomic E-state index is 12.4. The first-order chi connectivity index (χ1) is 12.1. The van der Waals surface area contributed by atoms with Crippen molar-refractivity contribution in [1.82, 2.24) is 10.6 Å². The number of hydrogen-bond acceptors (Lipinski definition) is 5.